The van der Waals surface area contributed by atoms with Crippen molar-refractivity contribution in [3.63, 3.8) is 0 Å². The first-order valence-corrected chi connectivity index (χ1v) is 4.37. The molecule has 1 saturated heterocycles. The van der Waals surface area contributed by atoms with Crippen molar-refractivity contribution in [2.24, 2.45) is 0 Å². The number of hydroxylamine groups is 2. The highest BCUT2D eigenvalue weighted by Crippen LogP contribution is 2.23. The number of rotatable bonds is 0. The van der Waals surface area contributed by atoms with Crippen molar-refractivity contribution in [3.8, 4) is 6.07 Å². The van der Waals surface area contributed by atoms with Gasteiger partial charge in [-0.15, -0.1) is 0 Å². The average molecular weight is 168 g/mol. The van der Waals surface area contributed by atoms with Crippen molar-refractivity contribution in [1.29, 1.82) is 5.26 Å². The van der Waals surface area contributed by atoms with Crippen molar-refractivity contribution in [1.82, 2.24) is 5.06 Å². The number of hydrogen-bond acceptors (Lipinski definition) is 3. The van der Waals surface area contributed by atoms with Crippen LogP contribution in [0.4, 0.5) is 0 Å². The molecule has 0 N–H and O–H groups in total. The van der Waals surface area contributed by atoms with E-state index >= 15 is 0 Å². The van der Waals surface area contributed by atoms with Gasteiger partial charge in [-0.1, -0.05) is 0 Å². The fourth-order valence-corrected chi connectivity index (χ4v) is 1.42. The molecule has 1 fully saturated rings. The minimum absolute atomic E-state index is 0.0686. The summed E-state index contributed by atoms with van der Waals surface area (Å²) in [5.41, 5.74) is -0.0686. The first-order chi connectivity index (χ1) is 5.55. The predicted octanol–water partition coefficient (Wildman–Crippen LogP) is 1.70. The Morgan fingerprint density at radius 3 is 2.58 bits per heavy atom. The monoisotopic (exact) mass is 168 g/mol. The van der Waals surface area contributed by atoms with Gasteiger partial charge in [-0.3, -0.25) is 4.84 Å². The van der Waals surface area contributed by atoms with Crippen molar-refractivity contribution >= 4 is 0 Å². The number of nitriles is 1. The average Bonchev–Trinajstić information content (AvgIpc) is 2.03. The van der Waals surface area contributed by atoms with Crippen LogP contribution in [0.25, 0.3) is 0 Å². The molecule has 0 bridgehead atoms. The fourth-order valence-electron chi connectivity index (χ4n) is 1.42. The summed E-state index contributed by atoms with van der Waals surface area (Å²) >= 11 is 0. The molecule has 0 aromatic carbocycles. The van der Waals surface area contributed by atoms with Gasteiger partial charge in [0, 0.05) is 5.54 Å². The van der Waals surface area contributed by atoms with Crippen LogP contribution in [0.1, 0.15) is 33.6 Å². The molecule has 0 aromatic rings. The zero-order valence-corrected chi connectivity index (χ0v) is 8.00. The molecule has 1 heterocycles. The van der Waals surface area contributed by atoms with Crippen LogP contribution in [0.2, 0.25) is 0 Å². The summed E-state index contributed by atoms with van der Waals surface area (Å²) in [5, 5.41) is 10.7. The Hall–Kier alpha value is -0.590. The summed E-state index contributed by atoms with van der Waals surface area (Å²) in [7, 11) is 0. The Bertz CT molecular complexity index is 190. The lowest BCUT2D eigenvalue weighted by Gasteiger charge is -2.40. The Kier molecular flexibility index (Phi) is 2.71. The van der Waals surface area contributed by atoms with Crippen molar-refractivity contribution in [2.75, 3.05) is 6.61 Å². The third kappa shape index (κ3) is 1.96. The van der Waals surface area contributed by atoms with Crippen molar-refractivity contribution in [3.05, 3.63) is 0 Å². The molecule has 3 heteroatoms. The second-order valence-corrected chi connectivity index (χ2v) is 4.12. The topological polar surface area (TPSA) is 36.3 Å². The fraction of sp³-hybridized carbons (Fsp3) is 0.889. The molecular weight excluding hydrogens is 152 g/mol. The zero-order chi connectivity index (χ0) is 9.19. The maximum Gasteiger partial charge on any atom is 0.122 e. The van der Waals surface area contributed by atoms with E-state index in [1.54, 1.807) is 0 Å². The van der Waals surface area contributed by atoms with Crippen LogP contribution in [0.5, 0.6) is 0 Å². The molecule has 1 atom stereocenters. The summed E-state index contributed by atoms with van der Waals surface area (Å²) in [6, 6.07) is 2.19. The summed E-state index contributed by atoms with van der Waals surface area (Å²) in [6.07, 6.45) is 1.92. The lowest BCUT2D eigenvalue weighted by atomic mass is 10.0. The van der Waals surface area contributed by atoms with E-state index in [1.807, 2.05) is 5.06 Å². The lowest BCUT2D eigenvalue weighted by molar-refractivity contribution is -0.244. The third-order valence-electron chi connectivity index (χ3n) is 1.95. The molecular formula is C9H16N2O. The van der Waals surface area contributed by atoms with Gasteiger partial charge in [0.15, 0.2) is 0 Å². The van der Waals surface area contributed by atoms with E-state index < -0.39 is 0 Å². The van der Waals surface area contributed by atoms with Gasteiger partial charge < -0.3 is 0 Å². The van der Waals surface area contributed by atoms with Gasteiger partial charge in [0.05, 0.1) is 12.7 Å². The maximum atomic E-state index is 8.85. The van der Waals surface area contributed by atoms with Crippen LogP contribution >= 0.6 is 0 Å². The summed E-state index contributed by atoms with van der Waals surface area (Å²) < 4.78 is 0. The van der Waals surface area contributed by atoms with Gasteiger partial charge in [-0.25, -0.2) is 0 Å². The van der Waals surface area contributed by atoms with Gasteiger partial charge >= 0.3 is 0 Å². The zero-order valence-electron chi connectivity index (χ0n) is 8.00. The SMILES string of the molecule is CC(C)(C)N1OCCCC1C#N. The lowest BCUT2D eigenvalue weighted by Crippen LogP contribution is -2.49. The largest absolute Gasteiger partial charge is 0.297 e. The minimum atomic E-state index is -0.0706. The van der Waals surface area contributed by atoms with Crippen molar-refractivity contribution in [2.45, 2.75) is 45.2 Å². The second-order valence-electron chi connectivity index (χ2n) is 4.12. The molecule has 0 aliphatic carbocycles. The summed E-state index contributed by atoms with van der Waals surface area (Å²) in [4.78, 5) is 5.46. The quantitative estimate of drug-likeness (QED) is 0.552. The minimum Gasteiger partial charge on any atom is -0.297 e. The van der Waals surface area contributed by atoms with E-state index in [9.17, 15) is 0 Å². The highest BCUT2D eigenvalue weighted by Gasteiger charge is 2.32. The highest BCUT2D eigenvalue weighted by molar-refractivity contribution is 4.94. The van der Waals surface area contributed by atoms with Crippen LogP contribution in [-0.2, 0) is 4.84 Å². The van der Waals surface area contributed by atoms with E-state index in [0.717, 1.165) is 19.4 Å². The van der Waals surface area contributed by atoms with E-state index in [1.165, 1.54) is 0 Å². The number of nitrogens with zero attached hydrogens (tertiary/aromatic N) is 2. The third-order valence-corrected chi connectivity index (χ3v) is 1.95. The first-order valence-electron chi connectivity index (χ1n) is 4.37. The molecule has 1 aliphatic rings. The molecule has 3 nitrogen and oxygen atoms in total. The molecule has 0 radical (unpaired) electrons. The van der Waals surface area contributed by atoms with E-state index in [4.69, 9.17) is 10.1 Å². The van der Waals surface area contributed by atoms with Gasteiger partial charge in [-0.2, -0.15) is 10.3 Å². The maximum absolute atomic E-state index is 8.85. The Balaban J connectivity index is 2.67. The molecule has 1 aliphatic heterocycles. The Labute approximate surface area is 73.9 Å². The molecule has 1 unspecified atom stereocenters. The Morgan fingerprint density at radius 2 is 2.17 bits per heavy atom. The van der Waals surface area contributed by atoms with Gasteiger partial charge in [0.25, 0.3) is 0 Å². The van der Waals surface area contributed by atoms with E-state index in [-0.39, 0.29) is 11.6 Å². The van der Waals surface area contributed by atoms with Crippen LogP contribution < -0.4 is 0 Å². The molecule has 1 rings (SSSR count). The van der Waals surface area contributed by atoms with Crippen LogP contribution in [0.3, 0.4) is 0 Å². The van der Waals surface area contributed by atoms with Crippen LogP contribution in [0.15, 0.2) is 0 Å². The van der Waals surface area contributed by atoms with Gasteiger partial charge in [-0.05, 0) is 33.6 Å². The molecule has 68 valence electrons. The first kappa shape index (κ1) is 9.50. The second kappa shape index (κ2) is 3.42. The number of hydrogen-bond donors (Lipinski definition) is 0. The Morgan fingerprint density at radius 1 is 1.50 bits per heavy atom. The van der Waals surface area contributed by atoms with Crippen LogP contribution in [-0.4, -0.2) is 23.3 Å². The van der Waals surface area contributed by atoms with Crippen molar-refractivity contribution < 1.29 is 4.84 Å². The highest BCUT2D eigenvalue weighted by atomic mass is 16.7. The van der Waals surface area contributed by atoms with Gasteiger partial charge in [0.2, 0.25) is 0 Å². The molecule has 12 heavy (non-hydrogen) atoms. The summed E-state index contributed by atoms with van der Waals surface area (Å²) in [6.45, 7) is 6.92. The molecule has 0 spiro atoms. The smallest absolute Gasteiger partial charge is 0.122 e. The normalized spacial score (nSPS) is 26.7. The summed E-state index contributed by atoms with van der Waals surface area (Å²) in [5.74, 6) is 0. The standard InChI is InChI=1S/C9H16N2O/c1-9(2,3)11-8(7-10)5-4-6-12-11/h8H,4-6H2,1-3H3. The van der Waals surface area contributed by atoms with E-state index in [0.29, 0.717) is 0 Å². The molecule has 0 aromatic heterocycles. The predicted molar refractivity (Wildman–Crippen MR) is 46.2 cm³/mol. The van der Waals surface area contributed by atoms with E-state index in [2.05, 4.69) is 26.8 Å². The molecule has 0 saturated carbocycles. The van der Waals surface area contributed by atoms with Crippen LogP contribution in [0, 0.1) is 11.3 Å². The molecule has 0 amide bonds. The van der Waals surface area contributed by atoms with Gasteiger partial charge in [0.1, 0.15) is 6.04 Å².